The second kappa shape index (κ2) is 5.88. The zero-order valence-corrected chi connectivity index (χ0v) is 17.4. The lowest BCUT2D eigenvalue weighted by molar-refractivity contribution is -0.176. The molecule has 1 aromatic carbocycles. The molecule has 4 rings (SSSR count). The zero-order valence-electron chi connectivity index (χ0n) is 17.4. The number of carbonyl (C=O) groups excluding carboxylic acids is 3. The maximum Gasteiger partial charge on any atom is 0.303 e. The van der Waals surface area contributed by atoms with Gasteiger partial charge < -0.3 is 9.47 Å². The first-order valence-electron chi connectivity index (χ1n) is 9.75. The lowest BCUT2D eigenvalue weighted by Crippen LogP contribution is -2.46. The van der Waals surface area contributed by atoms with Crippen LogP contribution in [0.1, 0.15) is 80.4 Å². The molecule has 0 bridgehead atoms. The number of Topliss-reactive ketones (excluding diaryl/α,β-unsaturated/α-hetero) is 1. The molecule has 3 aliphatic carbocycles. The first-order valence-corrected chi connectivity index (χ1v) is 9.75. The molecule has 6 heteroatoms. The van der Waals surface area contributed by atoms with Crippen molar-refractivity contribution in [3.05, 3.63) is 50.2 Å². The summed E-state index contributed by atoms with van der Waals surface area (Å²) in [6.45, 7) is 10.2. The van der Waals surface area contributed by atoms with Gasteiger partial charge in [0.05, 0.1) is 0 Å². The van der Waals surface area contributed by atoms with Crippen LogP contribution in [0.2, 0.25) is 0 Å². The van der Waals surface area contributed by atoms with Crippen molar-refractivity contribution in [1.29, 1.82) is 0 Å². The van der Waals surface area contributed by atoms with E-state index in [0.717, 1.165) is 11.1 Å². The van der Waals surface area contributed by atoms with Crippen LogP contribution in [-0.4, -0.2) is 29.4 Å². The van der Waals surface area contributed by atoms with Gasteiger partial charge in [-0.1, -0.05) is 20.8 Å². The third kappa shape index (κ3) is 2.41. The number of esters is 2. The fourth-order valence-corrected chi connectivity index (χ4v) is 5.66. The summed E-state index contributed by atoms with van der Waals surface area (Å²) in [6.07, 6.45) is 1.08. The van der Waals surface area contributed by atoms with E-state index in [1.165, 1.54) is 19.9 Å². The molecule has 1 fully saturated rings. The van der Waals surface area contributed by atoms with Crippen LogP contribution in [0.15, 0.2) is 22.5 Å². The average Bonchev–Trinajstić information content (AvgIpc) is 3.01. The van der Waals surface area contributed by atoms with Gasteiger partial charge in [-0.2, -0.15) is 0 Å². The largest absolute Gasteiger partial charge is 0.458 e. The van der Waals surface area contributed by atoms with Crippen LogP contribution in [0.5, 0.6) is 0 Å². The first kappa shape index (κ1) is 19.6. The Labute approximate surface area is 168 Å². The normalized spacial score (nSPS) is 30.5. The Balaban J connectivity index is 2.06. The monoisotopic (exact) mass is 396 g/mol. The molecular formula is C23H24O6. The summed E-state index contributed by atoms with van der Waals surface area (Å²) in [7, 11) is 0. The molecule has 152 valence electrons. The van der Waals surface area contributed by atoms with E-state index in [4.69, 9.17) is 9.47 Å². The summed E-state index contributed by atoms with van der Waals surface area (Å²) in [6, 6.07) is 2.92. The van der Waals surface area contributed by atoms with Crippen molar-refractivity contribution >= 4 is 23.8 Å². The van der Waals surface area contributed by atoms with E-state index in [1.807, 2.05) is 20.8 Å². The summed E-state index contributed by atoms with van der Waals surface area (Å²) in [5.74, 6) is -1.79. The van der Waals surface area contributed by atoms with E-state index in [-0.39, 0.29) is 23.0 Å². The molecule has 0 radical (unpaired) electrons. The van der Waals surface area contributed by atoms with Gasteiger partial charge in [-0.15, -0.1) is 0 Å². The second-order valence-electron chi connectivity index (χ2n) is 8.90. The number of ether oxygens (including phenoxy) is 2. The molecule has 6 nitrogen and oxygen atoms in total. The lowest BCUT2D eigenvalue weighted by Gasteiger charge is -2.37. The van der Waals surface area contributed by atoms with Gasteiger partial charge in [0.1, 0.15) is 6.10 Å². The van der Waals surface area contributed by atoms with Crippen LogP contribution >= 0.6 is 0 Å². The van der Waals surface area contributed by atoms with E-state index in [1.54, 1.807) is 19.1 Å². The van der Waals surface area contributed by atoms with Crippen LogP contribution in [0.3, 0.4) is 0 Å². The van der Waals surface area contributed by atoms with Gasteiger partial charge in [0.15, 0.2) is 16.8 Å². The van der Waals surface area contributed by atoms with Crippen molar-refractivity contribution in [3.8, 4) is 0 Å². The summed E-state index contributed by atoms with van der Waals surface area (Å²) < 4.78 is 11.6. The van der Waals surface area contributed by atoms with Crippen LogP contribution in [-0.2, 0) is 19.1 Å². The second-order valence-corrected chi connectivity index (χ2v) is 8.90. The van der Waals surface area contributed by atoms with Gasteiger partial charge in [-0.05, 0) is 47.4 Å². The fourth-order valence-electron chi connectivity index (χ4n) is 5.66. The predicted molar refractivity (Wildman–Crippen MR) is 106 cm³/mol. The standard InChI is InChI=1S/C23H24O6/c1-10-7-15-16(19(10)27)8-14(26)9-17-18(15)11(2)21(28-12(3)24)23(29-13(4)25)20(17)22(23,5)6/h7-9,11,20-21H,1-6H3. The molecule has 4 unspecified atom stereocenters. The number of ketones is 1. The highest BCUT2D eigenvalue weighted by atomic mass is 16.6. The van der Waals surface area contributed by atoms with E-state index in [0.29, 0.717) is 16.7 Å². The Hall–Kier alpha value is -2.76. The third-order valence-corrected chi connectivity index (χ3v) is 6.76. The van der Waals surface area contributed by atoms with E-state index in [9.17, 15) is 19.2 Å². The summed E-state index contributed by atoms with van der Waals surface area (Å²) in [4.78, 5) is 49.2. The van der Waals surface area contributed by atoms with E-state index in [2.05, 4.69) is 0 Å². The number of fused-ring (bicyclic) bond motifs is 5. The number of hydrogen-bond donors (Lipinski definition) is 0. The molecule has 29 heavy (non-hydrogen) atoms. The fraction of sp³-hybridized carbons (Fsp3) is 0.478. The summed E-state index contributed by atoms with van der Waals surface area (Å²) in [5, 5.41) is 0. The first-order chi connectivity index (χ1) is 13.4. The molecule has 4 atom stereocenters. The van der Waals surface area contributed by atoms with E-state index >= 15 is 0 Å². The van der Waals surface area contributed by atoms with Gasteiger partial charge in [0.25, 0.3) is 0 Å². The maximum absolute atomic E-state index is 12.7. The minimum absolute atomic E-state index is 0.168. The highest BCUT2D eigenvalue weighted by Crippen LogP contribution is 2.76. The van der Waals surface area contributed by atoms with Gasteiger partial charge in [0.2, 0.25) is 0 Å². The predicted octanol–water partition coefficient (Wildman–Crippen LogP) is 3.12. The molecule has 3 aliphatic rings. The smallest absolute Gasteiger partial charge is 0.303 e. The molecular weight excluding hydrogens is 372 g/mol. The average molecular weight is 396 g/mol. The highest BCUT2D eigenvalue weighted by Gasteiger charge is 2.82. The zero-order chi connectivity index (χ0) is 21.5. The molecule has 0 aliphatic heterocycles. The van der Waals surface area contributed by atoms with Crippen molar-refractivity contribution in [1.82, 2.24) is 0 Å². The molecule has 0 saturated heterocycles. The molecule has 0 N–H and O–H groups in total. The van der Waals surface area contributed by atoms with E-state index < -0.39 is 29.1 Å². The van der Waals surface area contributed by atoms with Crippen molar-refractivity contribution in [2.45, 2.75) is 65.1 Å². The third-order valence-electron chi connectivity index (χ3n) is 6.76. The van der Waals surface area contributed by atoms with Crippen LogP contribution in [0, 0.1) is 5.41 Å². The lowest BCUT2D eigenvalue weighted by atomic mass is 9.78. The topological polar surface area (TPSA) is 86.7 Å². The summed E-state index contributed by atoms with van der Waals surface area (Å²) >= 11 is 0. The molecule has 1 saturated carbocycles. The highest BCUT2D eigenvalue weighted by molar-refractivity contribution is 6.17. The Morgan fingerprint density at radius 1 is 1.07 bits per heavy atom. The Morgan fingerprint density at radius 3 is 2.31 bits per heavy atom. The number of rotatable bonds is 2. The number of carbonyl (C=O) groups is 3. The Morgan fingerprint density at radius 2 is 1.72 bits per heavy atom. The van der Waals surface area contributed by atoms with Crippen LogP contribution in [0.4, 0.5) is 0 Å². The maximum atomic E-state index is 12.7. The van der Waals surface area contributed by atoms with Gasteiger partial charge in [-0.25, -0.2) is 0 Å². The summed E-state index contributed by atoms with van der Waals surface area (Å²) in [5.41, 5.74) is 1.36. The quantitative estimate of drug-likeness (QED) is 0.714. The number of hydrogen-bond acceptors (Lipinski definition) is 6. The van der Waals surface area contributed by atoms with Gasteiger partial charge in [-0.3, -0.25) is 19.2 Å². The van der Waals surface area contributed by atoms with Crippen LogP contribution in [0.25, 0.3) is 6.08 Å². The molecule has 0 aromatic heterocycles. The van der Waals surface area contributed by atoms with Crippen molar-refractivity contribution in [3.63, 3.8) is 0 Å². The van der Waals surface area contributed by atoms with Gasteiger partial charge >= 0.3 is 11.9 Å². The van der Waals surface area contributed by atoms with Crippen molar-refractivity contribution < 1.29 is 23.9 Å². The van der Waals surface area contributed by atoms with Crippen LogP contribution < -0.4 is 5.43 Å². The van der Waals surface area contributed by atoms with Crippen molar-refractivity contribution in [2.75, 3.05) is 0 Å². The molecule has 0 spiro atoms. The SMILES string of the molecule is CC(=O)OC1C(C)c2c(cc(=O)cc3c2C=C(C)C3=O)C2C(C)(C)C12OC(C)=O. The molecule has 1 aromatic rings. The molecule has 0 amide bonds. The Kier molecular flexibility index (Phi) is 3.96. The Bertz CT molecular complexity index is 1080. The molecule has 0 heterocycles. The van der Waals surface area contributed by atoms with Gasteiger partial charge in [0, 0.05) is 36.7 Å². The minimum Gasteiger partial charge on any atom is -0.458 e. The number of allylic oxidation sites excluding steroid dienone is 1. The minimum atomic E-state index is -1.05. The van der Waals surface area contributed by atoms with Crippen molar-refractivity contribution in [2.24, 2.45) is 5.41 Å².